The molecule has 0 radical (unpaired) electrons. The Balaban J connectivity index is 1.73. The Labute approximate surface area is 138 Å². The second-order valence-electron chi connectivity index (χ2n) is 6.51. The number of fused-ring (bicyclic) bond motifs is 1. The van der Waals surface area contributed by atoms with Crippen molar-refractivity contribution in [1.82, 2.24) is 0 Å². The number of benzene rings is 2. The van der Waals surface area contributed by atoms with Gasteiger partial charge >= 0.3 is 0 Å². The summed E-state index contributed by atoms with van der Waals surface area (Å²) < 4.78 is 0. The molecule has 3 rings (SSSR count). The summed E-state index contributed by atoms with van der Waals surface area (Å²) in [6.45, 7) is 7.06. The number of hydrogen-bond acceptors (Lipinski definition) is 2. The van der Waals surface area contributed by atoms with Crippen molar-refractivity contribution in [3.63, 3.8) is 0 Å². The van der Waals surface area contributed by atoms with Crippen molar-refractivity contribution in [2.24, 2.45) is 0 Å². The summed E-state index contributed by atoms with van der Waals surface area (Å²) in [5.41, 5.74) is 4.60. The first-order valence-corrected chi connectivity index (χ1v) is 8.32. The molecular formula is C20H24N2O. The van der Waals surface area contributed by atoms with Crippen LogP contribution in [0.5, 0.6) is 0 Å². The highest BCUT2D eigenvalue weighted by Gasteiger charge is 2.27. The molecule has 1 aliphatic heterocycles. The van der Waals surface area contributed by atoms with E-state index >= 15 is 0 Å². The molecule has 120 valence electrons. The Morgan fingerprint density at radius 1 is 1.09 bits per heavy atom. The molecule has 2 aromatic carbocycles. The average Bonchev–Trinajstić information content (AvgIpc) is 2.98. The fraction of sp³-hybridized carbons (Fsp3) is 0.350. The molecule has 1 amide bonds. The molecule has 0 bridgehead atoms. The number of nitrogens with one attached hydrogen (secondary N) is 1. The van der Waals surface area contributed by atoms with E-state index in [-0.39, 0.29) is 11.9 Å². The van der Waals surface area contributed by atoms with Crippen molar-refractivity contribution in [2.45, 2.75) is 39.2 Å². The van der Waals surface area contributed by atoms with Crippen LogP contribution in [0.15, 0.2) is 48.5 Å². The van der Waals surface area contributed by atoms with Gasteiger partial charge in [0.05, 0.1) is 0 Å². The fourth-order valence-corrected chi connectivity index (χ4v) is 3.10. The standard InChI is InChI=1S/C20H24N2O/c1-14(2)17-8-6-9-18(13-17)21-15(3)20(23)22-12-11-16-7-4-5-10-19(16)22/h4-10,13-15,21H,11-12H2,1-3H3/t15-/m0/s1. The lowest BCUT2D eigenvalue weighted by Gasteiger charge is -2.23. The highest BCUT2D eigenvalue weighted by Crippen LogP contribution is 2.28. The van der Waals surface area contributed by atoms with Gasteiger partial charge in [-0.2, -0.15) is 0 Å². The number of amides is 1. The number of anilines is 2. The van der Waals surface area contributed by atoms with E-state index in [0.717, 1.165) is 24.3 Å². The maximum atomic E-state index is 12.8. The highest BCUT2D eigenvalue weighted by molar-refractivity contribution is 6.00. The molecule has 0 saturated heterocycles. The lowest BCUT2D eigenvalue weighted by molar-refractivity contribution is -0.118. The maximum absolute atomic E-state index is 12.8. The molecule has 0 aliphatic carbocycles. The van der Waals surface area contributed by atoms with E-state index in [1.165, 1.54) is 11.1 Å². The number of nitrogens with zero attached hydrogens (tertiary/aromatic N) is 1. The van der Waals surface area contributed by atoms with Gasteiger partial charge in [0.2, 0.25) is 5.91 Å². The van der Waals surface area contributed by atoms with Gasteiger partial charge in [0.15, 0.2) is 0 Å². The van der Waals surface area contributed by atoms with Crippen molar-refractivity contribution in [2.75, 3.05) is 16.8 Å². The zero-order chi connectivity index (χ0) is 16.4. The van der Waals surface area contributed by atoms with Crippen LogP contribution in [-0.2, 0) is 11.2 Å². The summed E-state index contributed by atoms with van der Waals surface area (Å²) in [7, 11) is 0. The monoisotopic (exact) mass is 308 g/mol. The number of para-hydroxylation sites is 1. The average molecular weight is 308 g/mol. The van der Waals surface area contributed by atoms with Gasteiger partial charge in [-0.3, -0.25) is 4.79 Å². The van der Waals surface area contributed by atoms with Crippen LogP contribution in [0.3, 0.4) is 0 Å². The minimum Gasteiger partial charge on any atom is -0.374 e. The molecule has 1 N–H and O–H groups in total. The first-order chi connectivity index (χ1) is 11.1. The van der Waals surface area contributed by atoms with E-state index in [0.29, 0.717) is 5.92 Å². The predicted octanol–water partition coefficient (Wildman–Crippen LogP) is 4.20. The second kappa shape index (κ2) is 6.45. The second-order valence-corrected chi connectivity index (χ2v) is 6.51. The van der Waals surface area contributed by atoms with Crippen molar-refractivity contribution >= 4 is 17.3 Å². The first kappa shape index (κ1) is 15.6. The Morgan fingerprint density at radius 3 is 2.65 bits per heavy atom. The maximum Gasteiger partial charge on any atom is 0.249 e. The molecule has 23 heavy (non-hydrogen) atoms. The predicted molar refractivity (Wildman–Crippen MR) is 96.1 cm³/mol. The van der Waals surface area contributed by atoms with Gasteiger partial charge in [-0.05, 0) is 48.6 Å². The van der Waals surface area contributed by atoms with Gasteiger partial charge in [0.1, 0.15) is 6.04 Å². The van der Waals surface area contributed by atoms with E-state index in [1.807, 2.05) is 42.2 Å². The van der Waals surface area contributed by atoms with Gasteiger partial charge in [0, 0.05) is 17.9 Å². The zero-order valence-electron chi connectivity index (χ0n) is 14.0. The third-order valence-electron chi connectivity index (χ3n) is 4.46. The topological polar surface area (TPSA) is 32.3 Å². The molecule has 0 unspecified atom stereocenters. The largest absolute Gasteiger partial charge is 0.374 e. The van der Waals surface area contributed by atoms with E-state index in [9.17, 15) is 4.79 Å². The van der Waals surface area contributed by atoms with Crippen molar-refractivity contribution in [1.29, 1.82) is 0 Å². The Bertz CT molecular complexity index is 708. The van der Waals surface area contributed by atoms with Gasteiger partial charge in [-0.25, -0.2) is 0 Å². The first-order valence-electron chi connectivity index (χ1n) is 8.32. The van der Waals surface area contributed by atoms with Crippen LogP contribution in [0.4, 0.5) is 11.4 Å². The Hall–Kier alpha value is -2.29. The van der Waals surface area contributed by atoms with Crippen LogP contribution in [0, 0.1) is 0 Å². The molecule has 3 heteroatoms. The van der Waals surface area contributed by atoms with Crippen molar-refractivity contribution in [3.8, 4) is 0 Å². The highest BCUT2D eigenvalue weighted by atomic mass is 16.2. The Kier molecular flexibility index (Phi) is 4.37. The minimum absolute atomic E-state index is 0.130. The third-order valence-corrected chi connectivity index (χ3v) is 4.46. The molecule has 0 saturated carbocycles. The molecule has 1 atom stereocenters. The molecule has 0 fully saturated rings. The summed E-state index contributed by atoms with van der Waals surface area (Å²) in [6, 6.07) is 16.2. The van der Waals surface area contributed by atoms with Crippen molar-refractivity contribution < 1.29 is 4.79 Å². The van der Waals surface area contributed by atoms with Crippen LogP contribution < -0.4 is 10.2 Å². The molecule has 0 spiro atoms. The smallest absolute Gasteiger partial charge is 0.249 e. The molecule has 1 heterocycles. The quantitative estimate of drug-likeness (QED) is 0.918. The number of hydrogen-bond donors (Lipinski definition) is 1. The summed E-state index contributed by atoms with van der Waals surface area (Å²) in [5.74, 6) is 0.609. The number of rotatable bonds is 4. The van der Waals surface area contributed by atoms with Crippen molar-refractivity contribution in [3.05, 3.63) is 59.7 Å². The van der Waals surface area contributed by atoms with Crippen LogP contribution in [0.1, 0.15) is 37.8 Å². The zero-order valence-corrected chi connectivity index (χ0v) is 14.0. The third kappa shape index (κ3) is 3.24. The van der Waals surface area contributed by atoms with E-state index < -0.39 is 0 Å². The Morgan fingerprint density at radius 2 is 1.87 bits per heavy atom. The summed E-state index contributed by atoms with van der Waals surface area (Å²) in [5, 5.41) is 3.35. The van der Waals surface area contributed by atoms with Gasteiger partial charge in [-0.15, -0.1) is 0 Å². The van der Waals surface area contributed by atoms with Crippen LogP contribution in [-0.4, -0.2) is 18.5 Å². The molecule has 0 aromatic heterocycles. The summed E-state index contributed by atoms with van der Waals surface area (Å²) in [4.78, 5) is 14.7. The summed E-state index contributed by atoms with van der Waals surface area (Å²) in [6.07, 6.45) is 0.942. The van der Waals surface area contributed by atoms with E-state index in [2.05, 4.69) is 37.4 Å². The van der Waals surface area contributed by atoms with Gasteiger partial charge in [0.25, 0.3) is 0 Å². The minimum atomic E-state index is -0.247. The molecular weight excluding hydrogens is 284 g/mol. The van der Waals surface area contributed by atoms with E-state index in [1.54, 1.807) is 0 Å². The molecule has 2 aromatic rings. The normalized spacial score (nSPS) is 14.7. The number of carbonyl (C=O) groups excluding carboxylic acids is 1. The fourth-order valence-electron chi connectivity index (χ4n) is 3.10. The lowest BCUT2D eigenvalue weighted by atomic mass is 10.0. The van der Waals surface area contributed by atoms with Gasteiger partial charge < -0.3 is 10.2 Å². The number of carbonyl (C=O) groups is 1. The summed E-state index contributed by atoms with van der Waals surface area (Å²) >= 11 is 0. The van der Waals surface area contributed by atoms with Crippen LogP contribution >= 0.6 is 0 Å². The SMILES string of the molecule is CC(C)c1cccc(N[C@@H](C)C(=O)N2CCc3ccccc32)c1. The lowest BCUT2D eigenvalue weighted by Crippen LogP contribution is -2.40. The molecule has 1 aliphatic rings. The molecule has 3 nitrogen and oxygen atoms in total. The van der Waals surface area contributed by atoms with E-state index in [4.69, 9.17) is 0 Å². The van der Waals surface area contributed by atoms with Crippen LogP contribution in [0.25, 0.3) is 0 Å². The van der Waals surface area contributed by atoms with Crippen LogP contribution in [0.2, 0.25) is 0 Å². The van der Waals surface area contributed by atoms with Gasteiger partial charge in [-0.1, -0.05) is 44.2 Å².